The van der Waals surface area contributed by atoms with E-state index < -0.39 is 11.7 Å². The zero-order valence-corrected chi connectivity index (χ0v) is 11.1. The van der Waals surface area contributed by atoms with Crippen LogP contribution in [0.3, 0.4) is 0 Å². The third-order valence-corrected chi connectivity index (χ3v) is 3.11. The standard InChI is InChI=1S/C14H16F3N3/c1-10-11(9-19-20-10)5-4-8-18-13-7-3-2-6-12(13)14(15,16)17/h2-3,6-7,9,18H,4-5,8H2,1H3,(H,19,20). The minimum absolute atomic E-state index is 0.129. The number of nitrogens with one attached hydrogen (secondary N) is 2. The van der Waals surface area contributed by atoms with Gasteiger partial charge < -0.3 is 5.32 Å². The van der Waals surface area contributed by atoms with Gasteiger partial charge in [-0.2, -0.15) is 18.3 Å². The molecule has 0 aliphatic heterocycles. The zero-order chi connectivity index (χ0) is 14.6. The van der Waals surface area contributed by atoms with Gasteiger partial charge in [0.25, 0.3) is 0 Å². The maximum atomic E-state index is 12.8. The number of halogens is 3. The van der Waals surface area contributed by atoms with E-state index >= 15 is 0 Å². The highest BCUT2D eigenvalue weighted by molar-refractivity contribution is 5.52. The van der Waals surface area contributed by atoms with E-state index in [-0.39, 0.29) is 5.69 Å². The molecule has 0 radical (unpaired) electrons. The van der Waals surface area contributed by atoms with Crippen molar-refractivity contribution in [1.29, 1.82) is 0 Å². The third kappa shape index (κ3) is 3.53. The number of hydrogen-bond donors (Lipinski definition) is 2. The minimum atomic E-state index is -4.33. The summed E-state index contributed by atoms with van der Waals surface area (Å²) in [6.07, 6.45) is -1.06. The number of hydrogen-bond acceptors (Lipinski definition) is 2. The van der Waals surface area contributed by atoms with Gasteiger partial charge in [-0.1, -0.05) is 12.1 Å². The first-order valence-corrected chi connectivity index (χ1v) is 6.37. The number of alkyl halides is 3. The van der Waals surface area contributed by atoms with Crippen LogP contribution in [0.1, 0.15) is 23.2 Å². The summed E-state index contributed by atoms with van der Waals surface area (Å²) in [5.41, 5.74) is 1.60. The fraction of sp³-hybridized carbons (Fsp3) is 0.357. The molecule has 20 heavy (non-hydrogen) atoms. The van der Waals surface area contributed by atoms with Crippen molar-refractivity contribution in [2.45, 2.75) is 25.9 Å². The second-order valence-electron chi connectivity index (χ2n) is 4.59. The largest absolute Gasteiger partial charge is 0.418 e. The number of benzene rings is 1. The number of para-hydroxylation sites is 1. The van der Waals surface area contributed by atoms with E-state index in [0.29, 0.717) is 6.54 Å². The van der Waals surface area contributed by atoms with E-state index in [2.05, 4.69) is 15.5 Å². The fourth-order valence-electron chi connectivity index (χ4n) is 2.01. The van der Waals surface area contributed by atoms with Crippen LogP contribution in [-0.4, -0.2) is 16.7 Å². The molecule has 0 amide bonds. The zero-order valence-electron chi connectivity index (χ0n) is 11.1. The Balaban J connectivity index is 1.90. The van der Waals surface area contributed by atoms with E-state index in [1.54, 1.807) is 12.3 Å². The van der Waals surface area contributed by atoms with E-state index in [1.165, 1.54) is 12.1 Å². The Labute approximate surface area is 115 Å². The van der Waals surface area contributed by atoms with Gasteiger partial charge in [0.15, 0.2) is 0 Å². The van der Waals surface area contributed by atoms with Crippen molar-refractivity contribution in [3.63, 3.8) is 0 Å². The molecular formula is C14H16F3N3. The lowest BCUT2D eigenvalue weighted by atomic mass is 10.1. The molecule has 0 fully saturated rings. The van der Waals surface area contributed by atoms with Crippen LogP contribution in [0.15, 0.2) is 30.5 Å². The second-order valence-corrected chi connectivity index (χ2v) is 4.59. The Kier molecular flexibility index (Phi) is 4.32. The number of rotatable bonds is 5. The van der Waals surface area contributed by atoms with Crippen molar-refractivity contribution in [3.05, 3.63) is 47.3 Å². The number of aryl methyl sites for hydroxylation is 2. The van der Waals surface area contributed by atoms with Crippen molar-refractivity contribution in [2.24, 2.45) is 0 Å². The van der Waals surface area contributed by atoms with Gasteiger partial charge in [0.05, 0.1) is 11.8 Å². The Morgan fingerprint density at radius 1 is 1.25 bits per heavy atom. The second kappa shape index (κ2) is 5.98. The first kappa shape index (κ1) is 14.4. The Hall–Kier alpha value is -1.98. The molecule has 0 saturated heterocycles. The van der Waals surface area contributed by atoms with Crippen molar-refractivity contribution in [3.8, 4) is 0 Å². The van der Waals surface area contributed by atoms with Crippen molar-refractivity contribution >= 4 is 5.69 Å². The van der Waals surface area contributed by atoms with Crippen LogP contribution < -0.4 is 5.32 Å². The average Bonchev–Trinajstić information content (AvgIpc) is 2.80. The van der Waals surface area contributed by atoms with Gasteiger partial charge in [-0.25, -0.2) is 0 Å². The summed E-state index contributed by atoms with van der Waals surface area (Å²) in [6, 6.07) is 5.52. The molecule has 0 aliphatic rings. The van der Waals surface area contributed by atoms with Gasteiger partial charge in [0.2, 0.25) is 0 Å². The summed E-state index contributed by atoms with van der Waals surface area (Å²) in [4.78, 5) is 0. The quantitative estimate of drug-likeness (QED) is 0.820. The van der Waals surface area contributed by atoms with E-state index in [4.69, 9.17) is 0 Å². The molecule has 6 heteroatoms. The summed E-state index contributed by atoms with van der Waals surface area (Å²) in [5.74, 6) is 0. The van der Waals surface area contributed by atoms with Crippen LogP contribution >= 0.6 is 0 Å². The SMILES string of the molecule is Cc1[nH]ncc1CCCNc1ccccc1C(F)(F)F. The van der Waals surface area contributed by atoms with Crippen LogP contribution in [0.2, 0.25) is 0 Å². The Bertz CT molecular complexity index is 561. The van der Waals surface area contributed by atoms with E-state index in [1.807, 2.05) is 6.92 Å². The summed E-state index contributed by atoms with van der Waals surface area (Å²) in [6.45, 7) is 2.41. The molecule has 0 aliphatic carbocycles. The molecule has 2 rings (SSSR count). The first-order valence-electron chi connectivity index (χ1n) is 6.37. The molecule has 2 aromatic rings. The van der Waals surface area contributed by atoms with Crippen molar-refractivity contribution < 1.29 is 13.2 Å². The third-order valence-electron chi connectivity index (χ3n) is 3.11. The van der Waals surface area contributed by atoms with Gasteiger partial charge in [0, 0.05) is 17.9 Å². The molecule has 2 N–H and O–H groups in total. The highest BCUT2D eigenvalue weighted by Crippen LogP contribution is 2.34. The van der Waals surface area contributed by atoms with E-state index in [0.717, 1.165) is 30.2 Å². The van der Waals surface area contributed by atoms with Crippen LogP contribution in [-0.2, 0) is 12.6 Å². The van der Waals surface area contributed by atoms with Crippen LogP contribution in [0.4, 0.5) is 18.9 Å². The van der Waals surface area contributed by atoms with Gasteiger partial charge in [-0.05, 0) is 37.5 Å². The lowest BCUT2D eigenvalue weighted by Gasteiger charge is -2.14. The predicted octanol–water partition coefficient (Wildman–Crippen LogP) is 3.78. The number of anilines is 1. The lowest BCUT2D eigenvalue weighted by molar-refractivity contribution is -0.136. The summed E-state index contributed by atoms with van der Waals surface area (Å²) in [5, 5.41) is 9.60. The highest BCUT2D eigenvalue weighted by Gasteiger charge is 2.32. The Morgan fingerprint density at radius 2 is 2.00 bits per heavy atom. The normalized spacial score (nSPS) is 11.6. The van der Waals surface area contributed by atoms with Gasteiger partial charge in [-0.3, -0.25) is 5.10 Å². The predicted molar refractivity (Wildman–Crippen MR) is 71.6 cm³/mol. The fourth-order valence-corrected chi connectivity index (χ4v) is 2.01. The number of aromatic amines is 1. The van der Waals surface area contributed by atoms with Gasteiger partial charge in [0.1, 0.15) is 0 Å². The summed E-state index contributed by atoms with van der Waals surface area (Å²) >= 11 is 0. The average molecular weight is 283 g/mol. The first-order chi connectivity index (χ1) is 9.48. The topological polar surface area (TPSA) is 40.7 Å². The van der Waals surface area contributed by atoms with Crippen molar-refractivity contribution in [1.82, 2.24) is 10.2 Å². The molecule has 0 unspecified atom stereocenters. The molecule has 0 atom stereocenters. The van der Waals surface area contributed by atoms with Gasteiger partial charge >= 0.3 is 6.18 Å². The number of aromatic nitrogens is 2. The Morgan fingerprint density at radius 3 is 2.65 bits per heavy atom. The summed E-state index contributed by atoms with van der Waals surface area (Å²) in [7, 11) is 0. The smallest absolute Gasteiger partial charge is 0.385 e. The molecule has 3 nitrogen and oxygen atoms in total. The molecule has 1 aromatic carbocycles. The number of H-pyrrole nitrogens is 1. The maximum Gasteiger partial charge on any atom is 0.418 e. The number of nitrogens with zero attached hydrogens (tertiary/aromatic N) is 1. The molecule has 0 saturated carbocycles. The maximum absolute atomic E-state index is 12.8. The molecule has 1 heterocycles. The van der Waals surface area contributed by atoms with Crippen LogP contribution in [0.25, 0.3) is 0 Å². The van der Waals surface area contributed by atoms with Gasteiger partial charge in [-0.15, -0.1) is 0 Å². The minimum Gasteiger partial charge on any atom is -0.385 e. The highest BCUT2D eigenvalue weighted by atomic mass is 19.4. The molecule has 0 bridgehead atoms. The lowest BCUT2D eigenvalue weighted by Crippen LogP contribution is -2.11. The molecule has 1 aromatic heterocycles. The molecule has 0 spiro atoms. The monoisotopic (exact) mass is 283 g/mol. The molecular weight excluding hydrogens is 267 g/mol. The van der Waals surface area contributed by atoms with Crippen LogP contribution in [0, 0.1) is 6.92 Å². The van der Waals surface area contributed by atoms with Crippen molar-refractivity contribution in [2.75, 3.05) is 11.9 Å². The van der Waals surface area contributed by atoms with Crippen LogP contribution in [0.5, 0.6) is 0 Å². The van der Waals surface area contributed by atoms with E-state index in [9.17, 15) is 13.2 Å². The summed E-state index contributed by atoms with van der Waals surface area (Å²) < 4.78 is 38.3. The molecule has 108 valence electrons.